The molecular formula is C47H48IrN4OSi-2. The van der Waals surface area contributed by atoms with Gasteiger partial charge in [-0.05, 0) is 85.8 Å². The van der Waals surface area contributed by atoms with Gasteiger partial charge in [0.25, 0.3) is 0 Å². The summed E-state index contributed by atoms with van der Waals surface area (Å²) in [7, 11) is -1.70. The van der Waals surface area contributed by atoms with E-state index < -0.39 is 19.9 Å². The molecule has 0 aliphatic carbocycles. The fourth-order valence-corrected chi connectivity index (χ4v) is 8.48. The Balaban J connectivity index is 0.000000198. The molecule has 7 heteroatoms. The van der Waals surface area contributed by atoms with E-state index in [1.54, 1.807) is 0 Å². The number of imidazole rings is 1. The zero-order valence-corrected chi connectivity index (χ0v) is 36.2. The minimum Gasteiger partial charge on any atom is -0.486 e. The standard InChI is InChI=1S/C28H22N3O.C19H26NSi.Ir/c1-16-14-17(2)25(18(3)15-16)31-24-11-6-5-10-23(24)30-27(31)22-9-7-8-20-21-13-12-19(4)29-28(21)32-26(20)22;1-19(2,3)13-16-12-17(15-10-8-7-9-11-15)20-14-18(16)21(4,5)6;/h5-8,10-15H,1-4H3;7-10,12,14H,13H2,1-6H3;/q2*-1;/i;13D2;. The summed E-state index contributed by atoms with van der Waals surface area (Å²) in [6.45, 7) is 21.0. The molecule has 54 heavy (non-hydrogen) atoms. The number of rotatable bonds is 5. The van der Waals surface area contributed by atoms with Crippen molar-refractivity contribution in [3.8, 4) is 28.3 Å². The fourth-order valence-electron chi connectivity index (χ4n) is 7.09. The summed E-state index contributed by atoms with van der Waals surface area (Å²) >= 11 is 0. The van der Waals surface area contributed by atoms with Crippen LogP contribution in [0.25, 0.3) is 61.4 Å². The quantitative estimate of drug-likeness (QED) is 0.128. The van der Waals surface area contributed by atoms with Gasteiger partial charge in [0.05, 0.1) is 30.5 Å². The van der Waals surface area contributed by atoms with Crippen molar-refractivity contribution < 1.29 is 27.3 Å². The van der Waals surface area contributed by atoms with Crippen LogP contribution in [0.4, 0.5) is 0 Å². The Bertz CT molecular complexity index is 2680. The van der Waals surface area contributed by atoms with Gasteiger partial charge in [-0.1, -0.05) is 92.8 Å². The van der Waals surface area contributed by atoms with Crippen molar-refractivity contribution in [3.63, 3.8) is 0 Å². The Morgan fingerprint density at radius 1 is 0.815 bits per heavy atom. The van der Waals surface area contributed by atoms with Crippen LogP contribution in [-0.2, 0) is 26.5 Å². The molecule has 0 spiro atoms. The van der Waals surface area contributed by atoms with Gasteiger partial charge in [0, 0.05) is 45.8 Å². The van der Waals surface area contributed by atoms with E-state index in [0.29, 0.717) is 5.71 Å². The van der Waals surface area contributed by atoms with Crippen LogP contribution >= 0.6 is 0 Å². The predicted octanol–water partition coefficient (Wildman–Crippen LogP) is 11.7. The third-order valence-corrected chi connectivity index (χ3v) is 11.3. The van der Waals surface area contributed by atoms with Crippen molar-refractivity contribution in [1.82, 2.24) is 19.5 Å². The van der Waals surface area contributed by atoms with Crippen molar-refractivity contribution in [2.75, 3.05) is 0 Å². The number of pyridine rings is 2. The summed E-state index contributed by atoms with van der Waals surface area (Å²) in [6.07, 6.45) is 0.469. The third-order valence-electron chi connectivity index (χ3n) is 9.29. The van der Waals surface area contributed by atoms with E-state index in [0.717, 1.165) is 72.2 Å². The second-order valence-corrected chi connectivity index (χ2v) is 21.1. The molecule has 0 saturated carbocycles. The molecule has 8 aromatic rings. The first-order chi connectivity index (χ1) is 26.0. The molecular weight excluding hydrogens is 857 g/mol. The second-order valence-electron chi connectivity index (χ2n) is 16.0. The van der Waals surface area contributed by atoms with Crippen LogP contribution in [0.2, 0.25) is 19.6 Å². The normalized spacial score (nSPS) is 12.6. The largest absolute Gasteiger partial charge is 0.486 e. The zero-order chi connectivity index (χ0) is 39.4. The van der Waals surface area contributed by atoms with Gasteiger partial charge < -0.3 is 14.0 Å². The van der Waals surface area contributed by atoms with E-state index in [1.165, 1.54) is 16.7 Å². The van der Waals surface area contributed by atoms with Gasteiger partial charge in [-0.2, -0.15) is 0 Å². The Morgan fingerprint density at radius 3 is 2.22 bits per heavy atom. The average Bonchev–Trinajstić information content (AvgIpc) is 3.69. The van der Waals surface area contributed by atoms with Gasteiger partial charge in [-0.3, -0.25) is 4.98 Å². The number of nitrogens with zero attached hydrogens (tertiary/aromatic N) is 4. The van der Waals surface area contributed by atoms with Gasteiger partial charge in [-0.25, -0.2) is 4.98 Å². The molecule has 8 rings (SSSR count). The topological polar surface area (TPSA) is 56.7 Å². The first-order valence-electron chi connectivity index (χ1n) is 19.2. The van der Waals surface area contributed by atoms with Gasteiger partial charge in [0.15, 0.2) is 0 Å². The summed E-state index contributed by atoms with van der Waals surface area (Å²) in [6, 6.07) is 37.0. The summed E-state index contributed by atoms with van der Waals surface area (Å²) < 4.78 is 26.0. The van der Waals surface area contributed by atoms with E-state index in [9.17, 15) is 0 Å². The maximum Gasteiger partial charge on any atom is 0.216 e. The molecule has 0 saturated heterocycles. The van der Waals surface area contributed by atoms with E-state index in [4.69, 9.17) is 12.1 Å². The maximum atomic E-state index is 8.75. The number of furan rings is 1. The fraction of sp³-hybridized carbons (Fsp3) is 0.255. The summed E-state index contributed by atoms with van der Waals surface area (Å²) in [5.74, 6) is 0.822. The second kappa shape index (κ2) is 15.2. The Labute approximate surface area is 337 Å². The zero-order valence-electron chi connectivity index (χ0n) is 34.8. The van der Waals surface area contributed by atoms with Crippen molar-refractivity contribution in [2.45, 2.75) is 74.5 Å². The van der Waals surface area contributed by atoms with Crippen LogP contribution in [-0.4, -0.2) is 27.6 Å². The number of fused-ring (bicyclic) bond motifs is 4. The van der Waals surface area contributed by atoms with Crippen LogP contribution in [0.15, 0.2) is 102 Å². The Kier molecular flexibility index (Phi) is 10.2. The van der Waals surface area contributed by atoms with Crippen LogP contribution in [0.1, 0.15) is 51.5 Å². The van der Waals surface area contributed by atoms with E-state index in [-0.39, 0.29) is 20.1 Å². The summed E-state index contributed by atoms with van der Waals surface area (Å²) in [5.41, 5.74) is 12.0. The first-order valence-corrected chi connectivity index (χ1v) is 21.7. The van der Waals surface area contributed by atoms with Crippen LogP contribution in [0.5, 0.6) is 0 Å². The molecule has 5 nitrogen and oxygen atoms in total. The Morgan fingerprint density at radius 2 is 1.54 bits per heavy atom. The molecule has 0 amide bonds. The minimum atomic E-state index is -1.70. The number of benzene rings is 4. The van der Waals surface area contributed by atoms with Gasteiger partial charge in [0.2, 0.25) is 5.71 Å². The van der Waals surface area contributed by atoms with E-state index >= 15 is 0 Å². The molecule has 4 aromatic heterocycles. The number of para-hydroxylation sites is 2. The number of aromatic nitrogens is 4. The van der Waals surface area contributed by atoms with E-state index in [1.807, 2.05) is 88.5 Å². The number of hydrogen-bond donors (Lipinski definition) is 0. The van der Waals surface area contributed by atoms with E-state index in [2.05, 4.69) is 103 Å². The molecule has 0 bridgehead atoms. The molecule has 0 aliphatic rings. The molecule has 4 heterocycles. The van der Waals surface area contributed by atoms with Crippen LogP contribution in [0, 0.1) is 45.2 Å². The molecule has 0 fully saturated rings. The molecule has 0 aliphatic heterocycles. The van der Waals surface area contributed by atoms with Crippen LogP contribution in [0.3, 0.4) is 0 Å². The first kappa shape index (κ1) is 36.3. The molecule has 0 atom stereocenters. The SMILES string of the molecule is Cc1cc(C)c(-n2c(-c3[c-]ccc4c3oc3nc(C)ccc34)nc3ccccc32)c(C)c1.[2H]C([2H])(c1cc(-c2[c-]cccc2)ncc1[Si](C)(C)C)C(C)(C)C.[Ir]. The van der Waals surface area contributed by atoms with Crippen molar-refractivity contribution >= 4 is 46.4 Å². The average molecular weight is 907 g/mol. The summed E-state index contributed by atoms with van der Waals surface area (Å²) in [5, 5.41) is 3.13. The third kappa shape index (κ3) is 7.90. The molecule has 4 aromatic carbocycles. The molecule has 277 valence electrons. The predicted molar refractivity (Wildman–Crippen MR) is 224 cm³/mol. The monoisotopic (exact) mass is 907 g/mol. The maximum absolute atomic E-state index is 8.75. The Hall–Kier alpha value is -4.68. The van der Waals surface area contributed by atoms with Crippen molar-refractivity contribution in [2.24, 2.45) is 5.41 Å². The van der Waals surface area contributed by atoms with Crippen LogP contribution < -0.4 is 5.19 Å². The van der Waals surface area contributed by atoms with Gasteiger partial charge in [-0.15, -0.1) is 54.1 Å². The number of hydrogen-bond acceptors (Lipinski definition) is 4. The minimum absolute atomic E-state index is 0. The smallest absolute Gasteiger partial charge is 0.216 e. The van der Waals surface area contributed by atoms with Crippen molar-refractivity contribution in [3.05, 3.63) is 137 Å². The molecule has 1 radical (unpaired) electrons. The molecule has 0 unspecified atom stereocenters. The number of aryl methyl sites for hydroxylation is 4. The summed E-state index contributed by atoms with van der Waals surface area (Å²) in [4.78, 5) is 14.3. The van der Waals surface area contributed by atoms with Crippen molar-refractivity contribution in [1.29, 1.82) is 0 Å². The van der Waals surface area contributed by atoms with Gasteiger partial charge in [0.1, 0.15) is 0 Å². The van der Waals surface area contributed by atoms with Gasteiger partial charge >= 0.3 is 0 Å². The molecule has 0 N–H and O–H groups in total.